The maximum atomic E-state index is 8.74. The second-order valence-electron chi connectivity index (χ2n) is 4.12. The summed E-state index contributed by atoms with van der Waals surface area (Å²) in [5.41, 5.74) is 13.3. The Hall–Kier alpha value is -1.84. The van der Waals surface area contributed by atoms with Gasteiger partial charge in [0, 0.05) is 18.8 Å². The molecule has 0 atom stereocenters. The SMILES string of the molecule is NC(N)=NCCN1CCc2ccccc21.O=S(=O)(O)O. The molecule has 112 valence electrons. The number of aliphatic imine (C=N–C) groups is 1. The molecule has 1 aromatic carbocycles. The van der Waals surface area contributed by atoms with Crippen LogP contribution in [0.15, 0.2) is 29.3 Å². The molecule has 0 bridgehead atoms. The molecule has 0 aromatic heterocycles. The first-order chi connectivity index (χ1) is 9.27. The van der Waals surface area contributed by atoms with Crippen LogP contribution in [0.3, 0.4) is 0 Å². The Balaban J connectivity index is 0.000000347. The summed E-state index contributed by atoms with van der Waals surface area (Å²) in [5, 5.41) is 0. The van der Waals surface area contributed by atoms with Crippen molar-refractivity contribution in [3.8, 4) is 0 Å². The summed E-state index contributed by atoms with van der Waals surface area (Å²) in [4.78, 5) is 6.31. The number of guanidine groups is 1. The number of rotatable bonds is 3. The predicted molar refractivity (Wildman–Crippen MR) is 77.2 cm³/mol. The van der Waals surface area contributed by atoms with E-state index in [1.807, 2.05) is 0 Å². The van der Waals surface area contributed by atoms with Gasteiger partial charge in [0.25, 0.3) is 0 Å². The standard InChI is InChI=1S/C11H16N4.H2O4S/c12-11(13)14-6-8-15-7-5-9-3-1-2-4-10(9)15;1-5(2,3)4/h1-4H,5-8H2,(H4,12,13,14);(H2,1,2,3,4). The van der Waals surface area contributed by atoms with Crippen LogP contribution in [0.4, 0.5) is 5.69 Å². The first-order valence-corrected chi connectivity index (χ1v) is 7.25. The minimum atomic E-state index is -4.67. The summed E-state index contributed by atoms with van der Waals surface area (Å²) in [6.07, 6.45) is 1.12. The number of nitrogens with zero attached hydrogens (tertiary/aromatic N) is 2. The molecule has 0 saturated heterocycles. The zero-order valence-electron chi connectivity index (χ0n) is 10.8. The lowest BCUT2D eigenvalue weighted by Gasteiger charge is -2.17. The smallest absolute Gasteiger partial charge is 0.370 e. The molecular formula is C11H18N4O4S. The van der Waals surface area contributed by atoms with Gasteiger partial charge in [-0.25, -0.2) is 0 Å². The molecular weight excluding hydrogens is 284 g/mol. The van der Waals surface area contributed by atoms with E-state index in [0.29, 0.717) is 6.54 Å². The summed E-state index contributed by atoms with van der Waals surface area (Å²) in [5.74, 6) is 0.169. The van der Waals surface area contributed by atoms with Gasteiger partial charge in [-0.2, -0.15) is 8.42 Å². The zero-order chi connectivity index (χ0) is 15.2. The highest BCUT2D eigenvalue weighted by Crippen LogP contribution is 2.26. The van der Waals surface area contributed by atoms with E-state index in [0.717, 1.165) is 19.5 Å². The van der Waals surface area contributed by atoms with Crippen LogP contribution in [-0.2, 0) is 16.8 Å². The predicted octanol–water partition coefficient (Wildman–Crippen LogP) is -0.330. The third-order valence-electron chi connectivity index (χ3n) is 2.65. The van der Waals surface area contributed by atoms with E-state index in [1.54, 1.807) is 0 Å². The van der Waals surface area contributed by atoms with Crippen molar-refractivity contribution in [1.29, 1.82) is 0 Å². The minimum absolute atomic E-state index is 0.169. The van der Waals surface area contributed by atoms with E-state index in [9.17, 15) is 0 Å². The lowest BCUT2D eigenvalue weighted by atomic mass is 10.2. The molecule has 9 heteroatoms. The van der Waals surface area contributed by atoms with Crippen molar-refractivity contribution in [3.05, 3.63) is 29.8 Å². The minimum Gasteiger partial charge on any atom is -0.370 e. The topological polar surface area (TPSA) is 142 Å². The molecule has 0 unspecified atom stereocenters. The number of anilines is 1. The van der Waals surface area contributed by atoms with Crippen LogP contribution in [0.1, 0.15) is 5.56 Å². The van der Waals surface area contributed by atoms with E-state index in [4.69, 9.17) is 29.0 Å². The highest BCUT2D eigenvalue weighted by molar-refractivity contribution is 7.79. The Labute approximate surface area is 117 Å². The van der Waals surface area contributed by atoms with Gasteiger partial charge in [-0.05, 0) is 18.1 Å². The third-order valence-corrected chi connectivity index (χ3v) is 2.65. The van der Waals surface area contributed by atoms with Gasteiger partial charge >= 0.3 is 10.4 Å². The van der Waals surface area contributed by atoms with Gasteiger partial charge in [0.05, 0.1) is 6.54 Å². The number of hydrogen-bond donors (Lipinski definition) is 4. The molecule has 20 heavy (non-hydrogen) atoms. The molecule has 0 amide bonds. The van der Waals surface area contributed by atoms with Gasteiger partial charge in [-0.3, -0.25) is 14.1 Å². The Bertz CT molecular complexity index is 562. The molecule has 0 saturated carbocycles. The summed E-state index contributed by atoms with van der Waals surface area (Å²) >= 11 is 0. The van der Waals surface area contributed by atoms with E-state index in [-0.39, 0.29) is 5.96 Å². The van der Waals surface area contributed by atoms with Crippen molar-refractivity contribution < 1.29 is 17.5 Å². The van der Waals surface area contributed by atoms with E-state index in [2.05, 4.69) is 34.2 Å². The van der Waals surface area contributed by atoms with E-state index in [1.165, 1.54) is 11.3 Å². The summed E-state index contributed by atoms with van der Waals surface area (Å²) in [7, 11) is -4.67. The maximum Gasteiger partial charge on any atom is 0.394 e. The molecule has 0 aliphatic carbocycles. The monoisotopic (exact) mass is 302 g/mol. The molecule has 0 fully saturated rings. The highest BCUT2D eigenvalue weighted by atomic mass is 32.3. The lowest BCUT2D eigenvalue weighted by Crippen LogP contribution is -2.27. The summed E-state index contributed by atoms with van der Waals surface area (Å²) in [6.45, 7) is 2.62. The Kier molecular flexibility index (Phi) is 5.74. The second kappa shape index (κ2) is 7.08. The quantitative estimate of drug-likeness (QED) is 0.340. The number of nitrogens with two attached hydrogens (primary N) is 2. The molecule has 2 rings (SSSR count). The first kappa shape index (κ1) is 16.2. The fourth-order valence-corrected chi connectivity index (χ4v) is 1.94. The normalized spacial score (nSPS) is 13.2. The molecule has 1 aliphatic heterocycles. The number of para-hydroxylation sites is 1. The van der Waals surface area contributed by atoms with Crippen molar-refractivity contribution in [1.82, 2.24) is 0 Å². The third kappa shape index (κ3) is 6.36. The van der Waals surface area contributed by atoms with Crippen LogP contribution < -0.4 is 16.4 Å². The lowest BCUT2D eigenvalue weighted by molar-refractivity contribution is 0.381. The largest absolute Gasteiger partial charge is 0.394 e. The van der Waals surface area contributed by atoms with Gasteiger partial charge in [-0.1, -0.05) is 18.2 Å². The van der Waals surface area contributed by atoms with Gasteiger partial charge in [0.15, 0.2) is 5.96 Å². The highest BCUT2D eigenvalue weighted by Gasteiger charge is 2.16. The molecule has 1 aromatic rings. The summed E-state index contributed by atoms with van der Waals surface area (Å²) < 4.78 is 31.6. The molecule has 6 N–H and O–H groups in total. The fraction of sp³-hybridized carbons (Fsp3) is 0.364. The van der Waals surface area contributed by atoms with Crippen LogP contribution in [0.25, 0.3) is 0 Å². The van der Waals surface area contributed by atoms with E-state index >= 15 is 0 Å². The number of fused-ring (bicyclic) bond motifs is 1. The Morgan fingerprint density at radius 1 is 1.30 bits per heavy atom. The van der Waals surface area contributed by atoms with Gasteiger partial charge in [0.2, 0.25) is 0 Å². The van der Waals surface area contributed by atoms with Crippen molar-refractivity contribution >= 4 is 22.0 Å². The average Bonchev–Trinajstić information content (AvgIpc) is 2.70. The van der Waals surface area contributed by atoms with Crippen molar-refractivity contribution in [3.63, 3.8) is 0 Å². The fourth-order valence-electron chi connectivity index (χ4n) is 1.94. The number of benzene rings is 1. The zero-order valence-corrected chi connectivity index (χ0v) is 11.6. The van der Waals surface area contributed by atoms with Gasteiger partial charge < -0.3 is 16.4 Å². The van der Waals surface area contributed by atoms with Crippen LogP contribution in [-0.4, -0.2) is 43.1 Å². The van der Waals surface area contributed by atoms with Crippen molar-refractivity contribution in [2.24, 2.45) is 16.5 Å². The van der Waals surface area contributed by atoms with E-state index < -0.39 is 10.4 Å². The summed E-state index contributed by atoms with van der Waals surface area (Å²) in [6, 6.07) is 8.48. The number of hydrogen-bond acceptors (Lipinski definition) is 4. The van der Waals surface area contributed by atoms with Gasteiger partial charge in [0.1, 0.15) is 0 Å². The molecule has 0 spiro atoms. The molecule has 0 radical (unpaired) electrons. The molecule has 8 nitrogen and oxygen atoms in total. The van der Waals surface area contributed by atoms with Crippen LogP contribution in [0.5, 0.6) is 0 Å². The van der Waals surface area contributed by atoms with Crippen molar-refractivity contribution in [2.75, 3.05) is 24.5 Å². The molecule has 1 aliphatic rings. The second-order valence-corrected chi connectivity index (χ2v) is 5.02. The maximum absolute atomic E-state index is 8.74. The van der Waals surface area contributed by atoms with Crippen LogP contribution in [0.2, 0.25) is 0 Å². The Morgan fingerprint density at radius 2 is 1.90 bits per heavy atom. The Morgan fingerprint density at radius 3 is 2.50 bits per heavy atom. The van der Waals surface area contributed by atoms with Crippen LogP contribution >= 0.6 is 0 Å². The molecule has 1 heterocycles. The average molecular weight is 302 g/mol. The van der Waals surface area contributed by atoms with Crippen molar-refractivity contribution in [2.45, 2.75) is 6.42 Å². The first-order valence-electron chi connectivity index (χ1n) is 5.85. The van der Waals surface area contributed by atoms with Gasteiger partial charge in [-0.15, -0.1) is 0 Å². The van der Waals surface area contributed by atoms with Crippen LogP contribution in [0, 0.1) is 0 Å².